The minimum atomic E-state index is -3.05. The van der Waals surface area contributed by atoms with Gasteiger partial charge in [-0.15, -0.1) is 0 Å². The van der Waals surface area contributed by atoms with Gasteiger partial charge in [-0.2, -0.15) is 0 Å². The van der Waals surface area contributed by atoms with Gasteiger partial charge in [0.15, 0.2) is 15.6 Å². The first-order valence-electron chi connectivity index (χ1n) is 9.24. The van der Waals surface area contributed by atoms with Crippen LogP contribution in [-0.4, -0.2) is 73.9 Å². The number of nitrogens with zero attached hydrogens (tertiary/aromatic N) is 3. The number of anilines is 1. The van der Waals surface area contributed by atoms with Crippen LogP contribution < -0.4 is 10.2 Å². The number of ether oxygens (including phenoxy) is 2. The molecule has 1 aromatic rings. The topological polar surface area (TPSA) is 111 Å². The summed E-state index contributed by atoms with van der Waals surface area (Å²) in [6.45, 7) is 4.45. The maximum Gasteiger partial charge on any atom is 0.270 e. The summed E-state index contributed by atoms with van der Waals surface area (Å²) >= 11 is 0. The smallest absolute Gasteiger partial charge is 0.270 e. The number of nitrogens with one attached hydrogen (secondary N) is 1. The lowest BCUT2D eigenvalue weighted by Crippen LogP contribution is -2.45. The number of aryl methyl sites for hydroxylation is 1. The Hall–Kier alpha value is -1.78. The summed E-state index contributed by atoms with van der Waals surface area (Å²) < 4.78 is 34.6. The second-order valence-electron chi connectivity index (χ2n) is 7.33. The third kappa shape index (κ3) is 4.07. The first-order valence-corrected chi connectivity index (χ1v) is 11.1. The van der Waals surface area contributed by atoms with Gasteiger partial charge in [0.2, 0.25) is 0 Å². The summed E-state index contributed by atoms with van der Waals surface area (Å²) in [5, 5.41) is 2.78. The highest BCUT2D eigenvalue weighted by Gasteiger charge is 2.40. The lowest BCUT2D eigenvalue weighted by molar-refractivity contribution is -0.169. The predicted molar refractivity (Wildman–Crippen MR) is 97.4 cm³/mol. The lowest BCUT2D eigenvalue weighted by atomic mass is 10.0. The molecule has 1 amide bonds. The molecule has 0 radical (unpaired) electrons. The molecule has 0 bridgehead atoms. The highest BCUT2D eigenvalue weighted by atomic mass is 32.2. The lowest BCUT2D eigenvalue weighted by Gasteiger charge is -2.38. The molecule has 0 aromatic carbocycles. The fourth-order valence-electron chi connectivity index (χ4n) is 3.86. The van der Waals surface area contributed by atoms with E-state index in [2.05, 4.69) is 20.2 Å². The van der Waals surface area contributed by atoms with E-state index in [1.807, 2.05) is 0 Å². The number of sulfone groups is 1. The summed E-state index contributed by atoms with van der Waals surface area (Å²) in [6, 6.07) is 1.31. The highest BCUT2D eigenvalue weighted by Crippen LogP contribution is 2.32. The molecule has 1 unspecified atom stereocenters. The van der Waals surface area contributed by atoms with Crippen molar-refractivity contribution in [2.45, 2.75) is 38.0 Å². The number of carbonyl (C=O) groups excluding carboxylic acids is 1. The number of rotatable bonds is 3. The van der Waals surface area contributed by atoms with Crippen molar-refractivity contribution in [2.75, 3.05) is 42.7 Å². The Morgan fingerprint density at radius 1 is 1.26 bits per heavy atom. The van der Waals surface area contributed by atoms with Gasteiger partial charge in [0.1, 0.15) is 17.3 Å². The van der Waals surface area contributed by atoms with Gasteiger partial charge in [0, 0.05) is 38.0 Å². The minimum absolute atomic E-state index is 0.0100. The average molecular weight is 396 g/mol. The molecular formula is C17H24N4O5S. The monoisotopic (exact) mass is 396 g/mol. The van der Waals surface area contributed by atoms with E-state index in [9.17, 15) is 13.2 Å². The van der Waals surface area contributed by atoms with Crippen LogP contribution in [0.15, 0.2) is 6.07 Å². The summed E-state index contributed by atoms with van der Waals surface area (Å²) in [5.74, 6) is 0.479. The van der Waals surface area contributed by atoms with E-state index in [1.54, 1.807) is 13.0 Å². The quantitative estimate of drug-likeness (QED) is 0.763. The van der Waals surface area contributed by atoms with E-state index in [1.165, 1.54) is 0 Å². The molecule has 4 rings (SSSR count). The van der Waals surface area contributed by atoms with Crippen LogP contribution in [0.2, 0.25) is 0 Å². The van der Waals surface area contributed by atoms with Gasteiger partial charge >= 0.3 is 0 Å². The van der Waals surface area contributed by atoms with Crippen molar-refractivity contribution in [1.82, 2.24) is 15.3 Å². The molecule has 3 aliphatic heterocycles. The minimum Gasteiger partial charge on any atom is -0.356 e. The van der Waals surface area contributed by atoms with Crippen molar-refractivity contribution in [3.8, 4) is 0 Å². The molecule has 148 valence electrons. The van der Waals surface area contributed by atoms with E-state index in [0.29, 0.717) is 31.3 Å². The van der Waals surface area contributed by atoms with Crippen LogP contribution in [0, 0.1) is 6.92 Å². The highest BCUT2D eigenvalue weighted by molar-refractivity contribution is 7.91. The summed E-state index contributed by atoms with van der Waals surface area (Å²) in [4.78, 5) is 23.3. The standard InChI is InChI=1S/C17H24N4O5S/c1-12-18-14(16(22)20-13-2-9-27(23,24)11-13)10-15(19-12)21-5-3-17(4-6-21)25-7-8-26-17/h10,13H,2-9,11H2,1H3,(H,20,22). The molecule has 0 aliphatic carbocycles. The van der Waals surface area contributed by atoms with Crippen molar-refractivity contribution in [1.29, 1.82) is 0 Å². The third-order valence-corrected chi connectivity index (χ3v) is 7.06. The summed E-state index contributed by atoms with van der Waals surface area (Å²) in [6.07, 6.45) is 1.94. The Morgan fingerprint density at radius 2 is 1.96 bits per heavy atom. The van der Waals surface area contributed by atoms with Crippen LogP contribution in [0.4, 0.5) is 5.82 Å². The first-order chi connectivity index (χ1) is 12.8. The normalized spacial score (nSPS) is 26.4. The maximum atomic E-state index is 12.5. The zero-order valence-electron chi connectivity index (χ0n) is 15.3. The van der Waals surface area contributed by atoms with Crippen LogP contribution in [-0.2, 0) is 19.3 Å². The molecule has 10 heteroatoms. The summed E-state index contributed by atoms with van der Waals surface area (Å²) in [7, 11) is -3.05. The van der Waals surface area contributed by atoms with Gasteiger partial charge in [-0.1, -0.05) is 0 Å². The van der Waals surface area contributed by atoms with Gasteiger partial charge in [-0.3, -0.25) is 4.79 Å². The number of carbonyl (C=O) groups is 1. The van der Waals surface area contributed by atoms with Crippen molar-refractivity contribution >= 4 is 21.6 Å². The number of amides is 1. The average Bonchev–Trinajstić information content (AvgIpc) is 3.21. The maximum absolute atomic E-state index is 12.5. The second-order valence-corrected chi connectivity index (χ2v) is 9.56. The van der Waals surface area contributed by atoms with Gasteiger partial charge in [-0.25, -0.2) is 18.4 Å². The second kappa shape index (κ2) is 6.99. The van der Waals surface area contributed by atoms with Crippen molar-refractivity contribution in [2.24, 2.45) is 0 Å². The molecule has 3 aliphatic rings. The Balaban J connectivity index is 1.44. The molecule has 1 aromatic heterocycles. The van der Waals surface area contributed by atoms with Gasteiger partial charge < -0.3 is 19.7 Å². The zero-order valence-corrected chi connectivity index (χ0v) is 16.1. The molecule has 1 N–H and O–H groups in total. The van der Waals surface area contributed by atoms with Crippen LogP contribution in [0.5, 0.6) is 0 Å². The number of aromatic nitrogens is 2. The molecular weight excluding hydrogens is 372 g/mol. The van der Waals surface area contributed by atoms with E-state index in [4.69, 9.17) is 9.47 Å². The van der Waals surface area contributed by atoms with Crippen LogP contribution >= 0.6 is 0 Å². The fraction of sp³-hybridized carbons (Fsp3) is 0.706. The SMILES string of the molecule is Cc1nc(C(=O)NC2CCS(=O)(=O)C2)cc(N2CCC3(CC2)OCCO3)n1. The molecule has 9 nitrogen and oxygen atoms in total. The van der Waals surface area contributed by atoms with Gasteiger partial charge in [0.05, 0.1) is 24.7 Å². The molecule has 27 heavy (non-hydrogen) atoms. The van der Waals surface area contributed by atoms with Crippen LogP contribution in [0.3, 0.4) is 0 Å². The molecule has 1 atom stereocenters. The number of hydrogen-bond donors (Lipinski definition) is 1. The van der Waals surface area contributed by atoms with E-state index >= 15 is 0 Å². The summed E-state index contributed by atoms with van der Waals surface area (Å²) in [5.41, 5.74) is 0.260. The molecule has 4 heterocycles. The zero-order chi connectivity index (χ0) is 19.1. The number of hydrogen-bond acceptors (Lipinski definition) is 8. The van der Waals surface area contributed by atoms with Gasteiger partial charge in [-0.05, 0) is 13.3 Å². The van der Waals surface area contributed by atoms with E-state index in [0.717, 1.165) is 25.9 Å². The van der Waals surface area contributed by atoms with Crippen molar-refractivity contribution < 1.29 is 22.7 Å². The number of piperidine rings is 1. The third-order valence-electron chi connectivity index (χ3n) is 5.29. The molecule has 0 saturated carbocycles. The van der Waals surface area contributed by atoms with Gasteiger partial charge in [0.25, 0.3) is 5.91 Å². The van der Waals surface area contributed by atoms with E-state index in [-0.39, 0.29) is 29.1 Å². The molecule has 1 spiro atoms. The fourth-order valence-corrected chi connectivity index (χ4v) is 5.53. The van der Waals surface area contributed by atoms with E-state index < -0.39 is 15.6 Å². The Labute approximate surface area is 158 Å². The van der Waals surface area contributed by atoms with Crippen LogP contribution in [0.25, 0.3) is 0 Å². The Morgan fingerprint density at radius 3 is 2.59 bits per heavy atom. The predicted octanol–water partition coefficient (Wildman–Crippen LogP) is 0.0452. The van der Waals surface area contributed by atoms with Crippen LogP contribution in [0.1, 0.15) is 35.6 Å². The Bertz CT molecular complexity index is 828. The molecule has 3 saturated heterocycles. The molecule has 3 fully saturated rings. The largest absolute Gasteiger partial charge is 0.356 e. The Kier molecular flexibility index (Phi) is 4.81. The van der Waals surface area contributed by atoms with Crippen molar-refractivity contribution in [3.63, 3.8) is 0 Å². The first kappa shape index (κ1) is 18.6. The van der Waals surface area contributed by atoms with Crippen molar-refractivity contribution in [3.05, 3.63) is 17.6 Å².